The van der Waals surface area contributed by atoms with Gasteiger partial charge in [0, 0.05) is 31.4 Å². The van der Waals surface area contributed by atoms with Crippen LogP contribution in [0.25, 0.3) is 5.78 Å². The fraction of sp³-hybridized carbons (Fsp3) is 0.500. The Labute approximate surface area is 88.6 Å². The SMILES string of the molecule is CC(C)NCCc1nnc2ncccn12. The molecule has 0 atom stereocenters. The Morgan fingerprint density at radius 1 is 1.40 bits per heavy atom. The van der Waals surface area contributed by atoms with Crippen molar-refractivity contribution in [3.8, 4) is 0 Å². The lowest BCUT2D eigenvalue weighted by Gasteiger charge is -2.06. The number of hydrogen-bond acceptors (Lipinski definition) is 4. The number of rotatable bonds is 4. The molecule has 0 unspecified atom stereocenters. The van der Waals surface area contributed by atoms with Gasteiger partial charge in [0.2, 0.25) is 0 Å². The van der Waals surface area contributed by atoms with Crippen LogP contribution in [0.15, 0.2) is 18.5 Å². The minimum absolute atomic E-state index is 0.502. The smallest absolute Gasteiger partial charge is 0.254 e. The van der Waals surface area contributed by atoms with Gasteiger partial charge in [0.25, 0.3) is 5.78 Å². The van der Waals surface area contributed by atoms with Gasteiger partial charge in [-0.2, -0.15) is 0 Å². The van der Waals surface area contributed by atoms with Crippen molar-refractivity contribution in [1.82, 2.24) is 24.9 Å². The second-order valence-corrected chi connectivity index (χ2v) is 3.76. The second kappa shape index (κ2) is 4.35. The molecule has 0 amide bonds. The Hall–Kier alpha value is -1.49. The molecule has 15 heavy (non-hydrogen) atoms. The molecule has 0 saturated carbocycles. The molecular formula is C10H15N5. The van der Waals surface area contributed by atoms with Crippen molar-refractivity contribution in [2.24, 2.45) is 0 Å². The summed E-state index contributed by atoms with van der Waals surface area (Å²) in [6.07, 6.45) is 4.53. The molecule has 0 aliphatic rings. The summed E-state index contributed by atoms with van der Waals surface area (Å²) in [6, 6.07) is 2.39. The molecule has 0 fully saturated rings. The molecule has 0 radical (unpaired) electrons. The predicted octanol–water partition coefficient (Wildman–Crippen LogP) is 0.665. The van der Waals surface area contributed by atoms with Crippen LogP contribution < -0.4 is 5.32 Å². The van der Waals surface area contributed by atoms with E-state index >= 15 is 0 Å². The fourth-order valence-electron chi connectivity index (χ4n) is 1.43. The lowest BCUT2D eigenvalue weighted by Crippen LogP contribution is -2.25. The molecule has 0 aliphatic heterocycles. The van der Waals surface area contributed by atoms with E-state index in [1.807, 2.05) is 16.7 Å². The van der Waals surface area contributed by atoms with E-state index in [0.29, 0.717) is 11.8 Å². The molecule has 5 nitrogen and oxygen atoms in total. The average Bonchev–Trinajstić information content (AvgIpc) is 2.62. The minimum atomic E-state index is 0.502. The summed E-state index contributed by atoms with van der Waals surface area (Å²) in [7, 11) is 0. The molecule has 0 aromatic carbocycles. The monoisotopic (exact) mass is 205 g/mol. The summed E-state index contributed by atoms with van der Waals surface area (Å²) in [5, 5.41) is 11.4. The van der Waals surface area contributed by atoms with Crippen LogP contribution in [0, 0.1) is 0 Å². The summed E-state index contributed by atoms with van der Waals surface area (Å²) in [5.74, 6) is 1.61. The van der Waals surface area contributed by atoms with Crippen molar-refractivity contribution in [3.63, 3.8) is 0 Å². The summed E-state index contributed by atoms with van der Waals surface area (Å²) < 4.78 is 1.92. The van der Waals surface area contributed by atoms with Crippen LogP contribution in [0.1, 0.15) is 19.7 Å². The third kappa shape index (κ3) is 2.30. The van der Waals surface area contributed by atoms with Crippen molar-refractivity contribution >= 4 is 5.78 Å². The van der Waals surface area contributed by atoms with E-state index in [4.69, 9.17) is 0 Å². The quantitative estimate of drug-likeness (QED) is 0.797. The van der Waals surface area contributed by atoms with Crippen LogP contribution in [-0.2, 0) is 6.42 Å². The Bertz CT molecular complexity index is 434. The van der Waals surface area contributed by atoms with Crippen molar-refractivity contribution in [1.29, 1.82) is 0 Å². The first-order chi connectivity index (χ1) is 7.27. The molecule has 0 saturated heterocycles. The summed E-state index contributed by atoms with van der Waals surface area (Å²) in [5.41, 5.74) is 0. The highest BCUT2D eigenvalue weighted by molar-refractivity contribution is 5.26. The third-order valence-corrected chi connectivity index (χ3v) is 2.16. The van der Waals surface area contributed by atoms with Gasteiger partial charge in [0.05, 0.1) is 0 Å². The van der Waals surface area contributed by atoms with Crippen LogP contribution in [0.2, 0.25) is 0 Å². The Morgan fingerprint density at radius 3 is 3.07 bits per heavy atom. The van der Waals surface area contributed by atoms with Crippen LogP contribution >= 0.6 is 0 Å². The molecule has 0 bridgehead atoms. The number of aromatic nitrogens is 4. The molecule has 2 aromatic rings. The number of nitrogens with one attached hydrogen (secondary N) is 1. The van der Waals surface area contributed by atoms with Crippen LogP contribution in [0.5, 0.6) is 0 Å². The van der Waals surface area contributed by atoms with Gasteiger partial charge in [-0.1, -0.05) is 13.8 Å². The third-order valence-electron chi connectivity index (χ3n) is 2.16. The van der Waals surface area contributed by atoms with E-state index in [-0.39, 0.29) is 0 Å². The van der Waals surface area contributed by atoms with Gasteiger partial charge in [0.1, 0.15) is 5.82 Å². The molecule has 2 heterocycles. The first-order valence-electron chi connectivity index (χ1n) is 5.15. The maximum absolute atomic E-state index is 4.11. The Balaban J connectivity index is 2.08. The number of fused-ring (bicyclic) bond motifs is 1. The molecule has 0 aliphatic carbocycles. The van der Waals surface area contributed by atoms with Gasteiger partial charge >= 0.3 is 0 Å². The second-order valence-electron chi connectivity index (χ2n) is 3.76. The fourth-order valence-corrected chi connectivity index (χ4v) is 1.43. The van der Waals surface area contributed by atoms with Crippen molar-refractivity contribution in [3.05, 3.63) is 24.3 Å². The molecule has 5 heteroatoms. The van der Waals surface area contributed by atoms with Crippen LogP contribution in [-0.4, -0.2) is 32.2 Å². The Morgan fingerprint density at radius 2 is 2.27 bits per heavy atom. The number of nitrogens with zero attached hydrogens (tertiary/aromatic N) is 4. The maximum atomic E-state index is 4.11. The van der Waals surface area contributed by atoms with Gasteiger partial charge in [-0.05, 0) is 6.07 Å². The standard InChI is InChI=1S/C10H15N5/c1-8(2)11-6-4-9-13-14-10-12-5-3-7-15(9)10/h3,5,7-8,11H,4,6H2,1-2H3. The molecule has 2 rings (SSSR count). The van der Waals surface area contributed by atoms with Gasteiger partial charge in [-0.3, -0.25) is 4.40 Å². The van der Waals surface area contributed by atoms with Gasteiger partial charge in [-0.25, -0.2) is 4.98 Å². The number of hydrogen-bond donors (Lipinski definition) is 1. The minimum Gasteiger partial charge on any atom is -0.314 e. The zero-order chi connectivity index (χ0) is 10.7. The lowest BCUT2D eigenvalue weighted by atomic mass is 10.3. The average molecular weight is 205 g/mol. The molecule has 0 spiro atoms. The van der Waals surface area contributed by atoms with E-state index in [1.54, 1.807) is 6.20 Å². The van der Waals surface area contributed by atoms with E-state index < -0.39 is 0 Å². The van der Waals surface area contributed by atoms with Crippen molar-refractivity contribution in [2.75, 3.05) is 6.54 Å². The van der Waals surface area contributed by atoms with E-state index in [0.717, 1.165) is 18.8 Å². The first kappa shape index (κ1) is 10.0. The van der Waals surface area contributed by atoms with Crippen LogP contribution in [0.4, 0.5) is 0 Å². The summed E-state index contributed by atoms with van der Waals surface area (Å²) in [6.45, 7) is 5.17. The normalized spacial score (nSPS) is 11.4. The largest absolute Gasteiger partial charge is 0.314 e. The molecule has 1 N–H and O–H groups in total. The van der Waals surface area contributed by atoms with Crippen LogP contribution in [0.3, 0.4) is 0 Å². The maximum Gasteiger partial charge on any atom is 0.254 e. The van der Waals surface area contributed by atoms with Gasteiger partial charge in [-0.15, -0.1) is 10.2 Å². The highest BCUT2D eigenvalue weighted by atomic mass is 15.3. The summed E-state index contributed by atoms with van der Waals surface area (Å²) in [4.78, 5) is 4.11. The van der Waals surface area contributed by atoms with Crippen molar-refractivity contribution < 1.29 is 0 Å². The van der Waals surface area contributed by atoms with E-state index in [2.05, 4.69) is 34.3 Å². The van der Waals surface area contributed by atoms with E-state index in [9.17, 15) is 0 Å². The van der Waals surface area contributed by atoms with E-state index in [1.165, 1.54) is 0 Å². The first-order valence-corrected chi connectivity index (χ1v) is 5.15. The highest BCUT2D eigenvalue weighted by Gasteiger charge is 2.04. The molecule has 2 aromatic heterocycles. The Kier molecular flexibility index (Phi) is 2.91. The zero-order valence-electron chi connectivity index (χ0n) is 9.01. The predicted molar refractivity (Wildman–Crippen MR) is 57.6 cm³/mol. The van der Waals surface area contributed by atoms with Gasteiger partial charge in [0.15, 0.2) is 0 Å². The molecule has 80 valence electrons. The topological polar surface area (TPSA) is 55.1 Å². The lowest BCUT2D eigenvalue weighted by molar-refractivity contribution is 0.581. The van der Waals surface area contributed by atoms with Crippen molar-refractivity contribution in [2.45, 2.75) is 26.3 Å². The molecular weight excluding hydrogens is 190 g/mol. The van der Waals surface area contributed by atoms with Gasteiger partial charge < -0.3 is 5.32 Å². The summed E-state index contributed by atoms with van der Waals surface area (Å²) >= 11 is 0. The highest BCUT2D eigenvalue weighted by Crippen LogP contribution is 1.99. The zero-order valence-corrected chi connectivity index (χ0v) is 9.01.